The zero-order valence-corrected chi connectivity index (χ0v) is 15.4. The Morgan fingerprint density at radius 3 is 2.70 bits per heavy atom. The van der Waals surface area contributed by atoms with Crippen LogP contribution in [-0.2, 0) is 0 Å². The molecule has 4 aliphatic heterocycles. The highest BCUT2D eigenvalue weighted by molar-refractivity contribution is 7.99. The summed E-state index contributed by atoms with van der Waals surface area (Å²) in [6, 6.07) is 0.718. The van der Waals surface area contributed by atoms with E-state index in [1.807, 2.05) is 13.8 Å². The van der Waals surface area contributed by atoms with Crippen LogP contribution in [0.2, 0.25) is 0 Å². The fourth-order valence-corrected chi connectivity index (χ4v) is 5.29. The summed E-state index contributed by atoms with van der Waals surface area (Å²) in [7, 11) is 0. The van der Waals surface area contributed by atoms with Crippen LogP contribution in [0.1, 0.15) is 26.7 Å². The summed E-state index contributed by atoms with van der Waals surface area (Å²) < 4.78 is 0. The lowest BCUT2D eigenvalue weighted by atomic mass is 9.75. The number of rotatable bonds is 5. The highest BCUT2D eigenvalue weighted by Crippen LogP contribution is 2.36. The molecule has 6 heteroatoms. The zero-order valence-electron chi connectivity index (χ0n) is 14.6. The number of carbonyl (C=O) groups excluding carboxylic acids is 1. The van der Waals surface area contributed by atoms with E-state index in [0.717, 1.165) is 18.4 Å². The third kappa shape index (κ3) is 4.77. The Balaban J connectivity index is 1.44. The van der Waals surface area contributed by atoms with Gasteiger partial charge >= 0.3 is 6.03 Å². The summed E-state index contributed by atoms with van der Waals surface area (Å²) >= 11 is 2.09. The van der Waals surface area contributed by atoms with Crippen molar-refractivity contribution >= 4 is 17.8 Å². The summed E-state index contributed by atoms with van der Waals surface area (Å²) in [6.45, 7) is 11.1. The maximum Gasteiger partial charge on any atom is 0.315 e. The van der Waals surface area contributed by atoms with Crippen LogP contribution < -0.4 is 10.6 Å². The molecule has 0 radical (unpaired) electrons. The number of thioether (sulfide) groups is 1. The third-order valence-electron chi connectivity index (χ3n) is 5.53. The Labute approximate surface area is 144 Å². The van der Waals surface area contributed by atoms with Gasteiger partial charge in [0.15, 0.2) is 0 Å². The maximum absolute atomic E-state index is 11.8. The van der Waals surface area contributed by atoms with Crippen molar-refractivity contribution in [2.45, 2.75) is 38.8 Å². The van der Waals surface area contributed by atoms with Gasteiger partial charge in [0.25, 0.3) is 0 Å². The van der Waals surface area contributed by atoms with Crippen molar-refractivity contribution in [3.63, 3.8) is 0 Å². The van der Waals surface area contributed by atoms with Gasteiger partial charge in [-0.1, -0.05) is 0 Å². The first kappa shape index (κ1) is 17.4. The van der Waals surface area contributed by atoms with Gasteiger partial charge in [0.05, 0.1) is 0 Å². The van der Waals surface area contributed by atoms with Crippen molar-refractivity contribution in [2.24, 2.45) is 11.8 Å². The summed E-state index contributed by atoms with van der Waals surface area (Å²) in [4.78, 5) is 17.1. The molecule has 2 bridgehead atoms. The van der Waals surface area contributed by atoms with Crippen molar-refractivity contribution in [1.82, 2.24) is 20.4 Å². The molecule has 2 amide bonds. The largest absolute Gasteiger partial charge is 0.337 e. The van der Waals surface area contributed by atoms with Gasteiger partial charge in [-0.2, -0.15) is 11.8 Å². The summed E-state index contributed by atoms with van der Waals surface area (Å²) in [6.07, 6.45) is 2.61. The average molecular weight is 341 g/mol. The first-order chi connectivity index (χ1) is 11.1. The number of piperidine rings is 3. The van der Waals surface area contributed by atoms with E-state index in [0.29, 0.717) is 6.04 Å². The number of hydrogen-bond donors (Lipinski definition) is 2. The second-order valence-electron chi connectivity index (χ2n) is 7.62. The van der Waals surface area contributed by atoms with Crippen molar-refractivity contribution in [2.75, 3.05) is 50.8 Å². The SMILES string of the molecule is CC(C)NC(=O)NC[C@H]1C[C@@H]2CCN1C[C@@H]2CN1CCSCC1. The van der Waals surface area contributed by atoms with Gasteiger partial charge in [-0.05, 0) is 45.1 Å². The van der Waals surface area contributed by atoms with Crippen molar-refractivity contribution < 1.29 is 4.79 Å². The summed E-state index contributed by atoms with van der Waals surface area (Å²) in [5, 5.41) is 5.97. The Bertz CT molecular complexity index is 400. The fraction of sp³-hybridized carbons (Fsp3) is 0.941. The molecule has 23 heavy (non-hydrogen) atoms. The van der Waals surface area contributed by atoms with Crippen molar-refractivity contribution in [3.05, 3.63) is 0 Å². The van der Waals surface area contributed by atoms with Crippen LogP contribution in [0.15, 0.2) is 0 Å². The summed E-state index contributed by atoms with van der Waals surface area (Å²) in [5.74, 6) is 4.30. The molecule has 132 valence electrons. The molecular formula is C17H32N4OS. The lowest BCUT2D eigenvalue weighted by Crippen LogP contribution is -2.59. The van der Waals surface area contributed by atoms with Crippen LogP contribution in [0.25, 0.3) is 0 Å². The molecule has 2 N–H and O–H groups in total. The van der Waals surface area contributed by atoms with E-state index in [-0.39, 0.29) is 12.1 Å². The molecule has 4 fully saturated rings. The van der Waals surface area contributed by atoms with Gasteiger partial charge in [0.1, 0.15) is 0 Å². The minimum absolute atomic E-state index is 0.0231. The topological polar surface area (TPSA) is 47.6 Å². The van der Waals surface area contributed by atoms with Crippen LogP contribution in [0.4, 0.5) is 4.79 Å². The van der Waals surface area contributed by atoms with E-state index in [2.05, 4.69) is 32.2 Å². The number of carbonyl (C=O) groups is 1. The lowest BCUT2D eigenvalue weighted by Gasteiger charge is -2.51. The minimum Gasteiger partial charge on any atom is -0.337 e. The standard InChI is InChI=1S/C17H32N4OS/c1-13(2)19-17(22)18-10-16-9-14-3-4-21(16)12-15(14)11-20-5-7-23-8-6-20/h13-16H,3-12H2,1-2H3,(H2,18,19,22)/t14-,15-,16+/m0/s1. The van der Waals surface area contributed by atoms with Crippen molar-refractivity contribution in [3.8, 4) is 0 Å². The van der Waals surface area contributed by atoms with Crippen LogP contribution in [0, 0.1) is 11.8 Å². The molecule has 0 spiro atoms. The zero-order chi connectivity index (χ0) is 16.2. The first-order valence-corrected chi connectivity index (χ1v) is 10.4. The Morgan fingerprint density at radius 2 is 2.04 bits per heavy atom. The summed E-state index contributed by atoms with van der Waals surface area (Å²) in [5.41, 5.74) is 0. The van der Waals surface area contributed by atoms with Crippen LogP contribution in [0.3, 0.4) is 0 Å². The fourth-order valence-electron chi connectivity index (χ4n) is 4.31. The van der Waals surface area contributed by atoms with Gasteiger partial charge < -0.3 is 15.5 Å². The van der Waals surface area contributed by atoms with E-state index >= 15 is 0 Å². The number of amides is 2. The molecule has 5 nitrogen and oxygen atoms in total. The van der Waals surface area contributed by atoms with E-state index in [9.17, 15) is 4.79 Å². The average Bonchev–Trinajstić information content (AvgIpc) is 2.54. The highest BCUT2D eigenvalue weighted by atomic mass is 32.2. The van der Waals surface area contributed by atoms with Gasteiger partial charge in [-0.25, -0.2) is 4.79 Å². The number of nitrogens with zero attached hydrogens (tertiary/aromatic N) is 2. The molecule has 0 aromatic carbocycles. The second-order valence-corrected chi connectivity index (χ2v) is 8.84. The molecule has 4 saturated heterocycles. The number of fused-ring (bicyclic) bond motifs is 3. The number of urea groups is 1. The Kier molecular flexibility index (Phi) is 6.10. The maximum atomic E-state index is 11.8. The first-order valence-electron chi connectivity index (χ1n) is 9.20. The van der Waals surface area contributed by atoms with E-state index in [1.54, 1.807) is 0 Å². The van der Waals surface area contributed by atoms with E-state index < -0.39 is 0 Å². The minimum atomic E-state index is -0.0231. The monoisotopic (exact) mass is 340 g/mol. The van der Waals surface area contributed by atoms with Gasteiger partial charge in [0.2, 0.25) is 0 Å². The molecule has 4 atom stereocenters. The predicted octanol–water partition coefficient (Wildman–Crippen LogP) is 1.45. The Hall–Kier alpha value is -0.460. The van der Waals surface area contributed by atoms with Gasteiger partial charge in [-0.3, -0.25) is 4.90 Å². The van der Waals surface area contributed by atoms with Gasteiger partial charge in [-0.15, -0.1) is 0 Å². The van der Waals surface area contributed by atoms with E-state index in [1.165, 1.54) is 57.1 Å². The van der Waals surface area contributed by atoms with Crippen LogP contribution in [-0.4, -0.2) is 78.7 Å². The van der Waals surface area contributed by atoms with Crippen LogP contribution in [0.5, 0.6) is 0 Å². The Morgan fingerprint density at radius 1 is 1.26 bits per heavy atom. The van der Waals surface area contributed by atoms with Crippen LogP contribution >= 0.6 is 11.8 Å². The number of hydrogen-bond acceptors (Lipinski definition) is 4. The molecule has 4 heterocycles. The number of nitrogens with one attached hydrogen (secondary N) is 2. The quantitative estimate of drug-likeness (QED) is 0.795. The molecule has 4 rings (SSSR count). The predicted molar refractivity (Wildman–Crippen MR) is 97.0 cm³/mol. The van der Waals surface area contributed by atoms with E-state index in [4.69, 9.17) is 0 Å². The smallest absolute Gasteiger partial charge is 0.315 e. The van der Waals surface area contributed by atoms with Gasteiger partial charge in [0, 0.05) is 56.3 Å². The normalized spacial score (nSPS) is 34.6. The lowest BCUT2D eigenvalue weighted by molar-refractivity contribution is -0.00993. The van der Waals surface area contributed by atoms with Crippen molar-refractivity contribution in [1.29, 1.82) is 0 Å². The molecule has 4 aliphatic rings. The molecule has 0 saturated carbocycles. The second kappa shape index (κ2) is 8.08. The third-order valence-corrected chi connectivity index (χ3v) is 6.47. The molecular weight excluding hydrogens is 308 g/mol. The highest BCUT2D eigenvalue weighted by Gasteiger charge is 2.40. The molecule has 0 aromatic rings. The molecule has 0 aromatic heterocycles. The molecule has 1 unspecified atom stereocenters. The molecule has 0 aliphatic carbocycles.